The quantitative estimate of drug-likeness (QED) is 0.777. The van der Waals surface area contributed by atoms with Crippen LogP contribution >= 0.6 is 0 Å². The lowest BCUT2D eigenvalue weighted by Crippen LogP contribution is -2.23. The Labute approximate surface area is 117 Å². The Hall–Kier alpha value is -0.870. The Morgan fingerprint density at radius 1 is 1.11 bits per heavy atom. The average Bonchev–Trinajstić information content (AvgIpc) is 2.34. The summed E-state index contributed by atoms with van der Waals surface area (Å²) in [6.07, 6.45) is 5.71. The van der Waals surface area contributed by atoms with Gasteiger partial charge in [-0.25, -0.2) is 13.6 Å². The van der Waals surface area contributed by atoms with Crippen molar-refractivity contribution in [3.63, 3.8) is 0 Å². The predicted molar refractivity (Wildman–Crippen MR) is 79.6 cm³/mol. The van der Waals surface area contributed by atoms with Crippen molar-refractivity contribution in [2.24, 2.45) is 5.14 Å². The molecule has 3 nitrogen and oxygen atoms in total. The van der Waals surface area contributed by atoms with Crippen LogP contribution in [-0.4, -0.2) is 8.42 Å². The molecule has 0 aromatic heterocycles. The van der Waals surface area contributed by atoms with Crippen LogP contribution in [0.25, 0.3) is 0 Å². The summed E-state index contributed by atoms with van der Waals surface area (Å²) in [5.74, 6) is 0. The van der Waals surface area contributed by atoms with Gasteiger partial charge in [0.25, 0.3) is 0 Å². The molecular formula is C15H25NO2S. The molecule has 1 aromatic carbocycles. The maximum atomic E-state index is 11.7. The minimum Gasteiger partial charge on any atom is -0.225 e. The first-order valence-corrected chi connectivity index (χ1v) is 8.46. The van der Waals surface area contributed by atoms with Gasteiger partial charge < -0.3 is 0 Å². The van der Waals surface area contributed by atoms with Crippen LogP contribution in [0.2, 0.25) is 0 Å². The highest BCUT2D eigenvalue weighted by Gasteiger charge is 2.26. The summed E-state index contributed by atoms with van der Waals surface area (Å²) in [5.41, 5.74) is 0.658. The van der Waals surface area contributed by atoms with E-state index < -0.39 is 10.0 Å². The second kappa shape index (κ2) is 6.53. The monoisotopic (exact) mass is 283 g/mol. The normalized spacial score (nSPS) is 12.6. The molecule has 1 rings (SSSR count). The van der Waals surface area contributed by atoms with Crippen molar-refractivity contribution in [2.45, 2.75) is 63.2 Å². The van der Waals surface area contributed by atoms with Crippen LogP contribution in [0, 0.1) is 0 Å². The molecule has 0 atom stereocenters. The second-order valence-corrected chi connectivity index (χ2v) is 7.27. The van der Waals surface area contributed by atoms with Crippen LogP contribution in [0.3, 0.4) is 0 Å². The Bertz CT molecular complexity index is 507. The first-order valence-electron chi connectivity index (χ1n) is 6.91. The molecule has 4 heteroatoms. The van der Waals surface area contributed by atoms with Crippen molar-refractivity contribution in [3.05, 3.63) is 29.8 Å². The zero-order valence-corrected chi connectivity index (χ0v) is 13.0. The third-order valence-electron chi connectivity index (χ3n) is 3.58. The molecule has 0 bridgehead atoms. The van der Waals surface area contributed by atoms with E-state index in [9.17, 15) is 8.42 Å². The van der Waals surface area contributed by atoms with E-state index in [1.807, 2.05) is 12.1 Å². The number of hydrogen-bond donors (Lipinski definition) is 1. The number of primary sulfonamides is 1. The zero-order valence-electron chi connectivity index (χ0n) is 12.1. The van der Waals surface area contributed by atoms with Crippen molar-refractivity contribution in [1.29, 1.82) is 0 Å². The van der Waals surface area contributed by atoms with Gasteiger partial charge in [-0.15, -0.1) is 0 Å². The minimum atomic E-state index is -3.65. The summed E-state index contributed by atoms with van der Waals surface area (Å²) in [5, 5.41) is 5.30. The van der Waals surface area contributed by atoms with Gasteiger partial charge in [0.2, 0.25) is 10.0 Å². The van der Waals surface area contributed by atoms with E-state index in [0.717, 1.165) is 18.4 Å². The van der Waals surface area contributed by atoms with E-state index in [-0.39, 0.29) is 10.3 Å². The molecule has 19 heavy (non-hydrogen) atoms. The average molecular weight is 283 g/mol. The fourth-order valence-electron chi connectivity index (χ4n) is 2.40. The smallest absolute Gasteiger partial charge is 0.225 e. The molecule has 1 aromatic rings. The fraction of sp³-hybridized carbons (Fsp3) is 0.600. The Kier molecular flexibility index (Phi) is 5.56. The van der Waals surface area contributed by atoms with Crippen molar-refractivity contribution < 1.29 is 8.42 Å². The van der Waals surface area contributed by atoms with E-state index in [2.05, 4.69) is 20.8 Å². The first kappa shape index (κ1) is 16.2. The molecule has 0 amide bonds. The van der Waals surface area contributed by atoms with Crippen molar-refractivity contribution in [2.75, 3.05) is 0 Å². The SMILES string of the molecule is CCCCCCC(C)(C)c1ccccc1S(N)(=O)=O. The lowest BCUT2D eigenvalue weighted by Gasteiger charge is -2.27. The molecule has 0 aliphatic heterocycles. The number of sulfonamides is 1. The van der Waals surface area contributed by atoms with Gasteiger partial charge in [-0.05, 0) is 23.5 Å². The second-order valence-electron chi connectivity index (χ2n) is 5.74. The number of unbranched alkanes of at least 4 members (excludes halogenated alkanes) is 3. The fourth-order valence-corrected chi connectivity index (χ4v) is 3.32. The molecule has 0 spiro atoms. The summed E-state index contributed by atoms with van der Waals surface area (Å²) in [4.78, 5) is 0.260. The van der Waals surface area contributed by atoms with Gasteiger partial charge in [-0.2, -0.15) is 0 Å². The molecule has 0 saturated heterocycles. The molecule has 0 aliphatic carbocycles. The van der Waals surface area contributed by atoms with E-state index in [1.54, 1.807) is 12.1 Å². The van der Waals surface area contributed by atoms with Crippen LogP contribution < -0.4 is 5.14 Å². The highest BCUT2D eigenvalue weighted by atomic mass is 32.2. The maximum Gasteiger partial charge on any atom is 0.238 e. The Morgan fingerprint density at radius 3 is 2.32 bits per heavy atom. The maximum absolute atomic E-state index is 11.7. The molecule has 0 heterocycles. The number of nitrogens with two attached hydrogens (primary N) is 1. The van der Waals surface area contributed by atoms with Gasteiger partial charge in [0.15, 0.2) is 0 Å². The van der Waals surface area contributed by atoms with Crippen LogP contribution in [0.1, 0.15) is 58.4 Å². The molecule has 0 radical (unpaired) electrons. The Morgan fingerprint density at radius 2 is 1.74 bits per heavy atom. The number of hydrogen-bond acceptors (Lipinski definition) is 2. The summed E-state index contributed by atoms with van der Waals surface area (Å²) in [7, 11) is -3.65. The summed E-state index contributed by atoms with van der Waals surface area (Å²) in [6.45, 7) is 6.35. The van der Waals surface area contributed by atoms with Gasteiger partial charge in [0.05, 0.1) is 4.90 Å². The molecule has 0 aliphatic rings. The number of benzene rings is 1. The van der Waals surface area contributed by atoms with Gasteiger partial charge in [-0.1, -0.05) is 64.7 Å². The van der Waals surface area contributed by atoms with Gasteiger partial charge in [-0.3, -0.25) is 0 Å². The van der Waals surface area contributed by atoms with Crippen molar-refractivity contribution in [1.82, 2.24) is 0 Å². The summed E-state index contributed by atoms with van der Waals surface area (Å²) < 4.78 is 23.3. The van der Waals surface area contributed by atoms with Gasteiger partial charge in [0, 0.05) is 0 Å². The van der Waals surface area contributed by atoms with Gasteiger partial charge in [0.1, 0.15) is 0 Å². The summed E-state index contributed by atoms with van der Waals surface area (Å²) in [6, 6.07) is 7.06. The van der Waals surface area contributed by atoms with Crippen molar-refractivity contribution >= 4 is 10.0 Å². The van der Waals surface area contributed by atoms with Crippen LogP contribution in [-0.2, 0) is 15.4 Å². The van der Waals surface area contributed by atoms with E-state index in [0.29, 0.717) is 0 Å². The van der Waals surface area contributed by atoms with E-state index in [4.69, 9.17) is 5.14 Å². The lowest BCUT2D eigenvalue weighted by molar-refractivity contribution is 0.438. The molecule has 108 valence electrons. The third kappa shape index (κ3) is 4.62. The van der Waals surface area contributed by atoms with E-state index in [1.165, 1.54) is 19.3 Å². The van der Waals surface area contributed by atoms with Crippen LogP contribution in [0.4, 0.5) is 0 Å². The van der Waals surface area contributed by atoms with Crippen LogP contribution in [0.5, 0.6) is 0 Å². The highest BCUT2D eigenvalue weighted by Crippen LogP contribution is 2.33. The predicted octanol–water partition coefficient (Wildman–Crippen LogP) is 3.58. The number of rotatable bonds is 7. The molecule has 2 N–H and O–H groups in total. The molecule has 0 fully saturated rings. The standard InChI is InChI=1S/C15H25NO2S/c1-4-5-6-9-12-15(2,3)13-10-7-8-11-14(13)19(16,17)18/h7-8,10-11H,4-6,9,12H2,1-3H3,(H2,16,17,18). The molecule has 0 unspecified atom stereocenters. The van der Waals surface area contributed by atoms with Crippen LogP contribution in [0.15, 0.2) is 29.2 Å². The molecular weight excluding hydrogens is 258 g/mol. The largest absolute Gasteiger partial charge is 0.238 e. The third-order valence-corrected chi connectivity index (χ3v) is 4.55. The lowest BCUT2D eigenvalue weighted by atomic mass is 9.80. The Balaban J connectivity index is 2.95. The highest BCUT2D eigenvalue weighted by molar-refractivity contribution is 7.89. The zero-order chi connectivity index (χ0) is 14.5. The van der Waals surface area contributed by atoms with E-state index >= 15 is 0 Å². The first-order chi connectivity index (χ1) is 8.79. The topological polar surface area (TPSA) is 60.2 Å². The summed E-state index contributed by atoms with van der Waals surface area (Å²) >= 11 is 0. The van der Waals surface area contributed by atoms with Crippen molar-refractivity contribution in [3.8, 4) is 0 Å². The molecule has 0 saturated carbocycles. The van der Waals surface area contributed by atoms with Gasteiger partial charge >= 0.3 is 0 Å². The minimum absolute atomic E-state index is 0.170.